The maximum atomic E-state index is 12.2. The highest BCUT2D eigenvalue weighted by molar-refractivity contribution is 9.10. The van der Waals surface area contributed by atoms with Gasteiger partial charge in [-0.15, -0.1) is 12.4 Å². The summed E-state index contributed by atoms with van der Waals surface area (Å²) in [6, 6.07) is 5.63. The van der Waals surface area contributed by atoms with Gasteiger partial charge in [-0.05, 0) is 44.1 Å². The van der Waals surface area contributed by atoms with E-state index in [9.17, 15) is 4.79 Å². The molecule has 1 saturated heterocycles. The molecular formula is C14H20BrClN2O2. The minimum atomic E-state index is 0. The van der Waals surface area contributed by atoms with Gasteiger partial charge in [-0.1, -0.05) is 22.9 Å². The van der Waals surface area contributed by atoms with E-state index >= 15 is 0 Å². The Morgan fingerprint density at radius 1 is 1.55 bits per heavy atom. The van der Waals surface area contributed by atoms with Gasteiger partial charge in [0, 0.05) is 10.4 Å². The number of rotatable bonds is 5. The van der Waals surface area contributed by atoms with Gasteiger partial charge in [0.1, 0.15) is 5.75 Å². The van der Waals surface area contributed by atoms with Crippen LogP contribution in [-0.2, 0) is 4.79 Å². The van der Waals surface area contributed by atoms with Gasteiger partial charge in [-0.25, -0.2) is 0 Å². The highest BCUT2D eigenvalue weighted by atomic mass is 79.9. The third-order valence-electron chi connectivity index (χ3n) is 3.43. The van der Waals surface area contributed by atoms with E-state index in [1.807, 2.05) is 32.0 Å². The summed E-state index contributed by atoms with van der Waals surface area (Å²) in [5.41, 5.74) is 0.723. The van der Waals surface area contributed by atoms with Gasteiger partial charge in [0.05, 0.1) is 12.3 Å². The Bertz CT molecular complexity index is 466. The topological polar surface area (TPSA) is 50.4 Å². The highest BCUT2D eigenvalue weighted by Gasteiger charge is 2.29. The standard InChI is InChI=1S/C14H19BrN2O2.ClH/c1-3-19-13-5-4-11(15)6-12(13)17-14(18)9(2)10-7-16-8-10;/h4-6,9-10,16H,3,7-8H2,1-2H3,(H,17,18);1H. The molecule has 20 heavy (non-hydrogen) atoms. The minimum Gasteiger partial charge on any atom is -0.492 e. The number of nitrogens with one attached hydrogen (secondary N) is 2. The lowest BCUT2D eigenvalue weighted by molar-refractivity contribution is -0.121. The van der Waals surface area contributed by atoms with Crippen LogP contribution in [0.1, 0.15) is 13.8 Å². The number of benzene rings is 1. The number of ether oxygens (including phenoxy) is 1. The molecule has 0 aliphatic carbocycles. The maximum absolute atomic E-state index is 12.2. The van der Waals surface area contributed by atoms with Gasteiger partial charge in [-0.3, -0.25) is 4.79 Å². The molecule has 1 aliphatic rings. The Balaban J connectivity index is 0.00000200. The summed E-state index contributed by atoms with van der Waals surface area (Å²) < 4.78 is 6.45. The first kappa shape index (κ1) is 17.3. The number of amides is 1. The molecule has 1 amide bonds. The van der Waals surface area contributed by atoms with Crippen molar-refractivity contribution in [2.24, 2.45) is 11.8 Å². The van der Waals surface area contributed by atoms with Crippen molar-refractivity contribution >= 4 is 39.9 Å². The lowest BCUT2D eigenvalue weighted by Gasteiger charge is -2.31. The molecule has 1 unspecified atom stereocenters. The predicted molar refractivity (Wildman–Crippen MR) is 86.7 cm³/mol. The van der Waals surface area contributed by atoms with Crippen molar-refractivity contribution in [3.05, 3.63) is 22.7 Å². The van der Waals surface area contributed by atoms with Crippen LogP contribution in [0.3, 0.4) is 0 Å². The fourth-order valence-corrected chi connectivity index (χ4v) is 2.37. The third kappa shape index (κ3) is 4.11. The first-order valence-electron chi connectivity index (χ1n) is 6.55. The van der Waals surface area contributed by atoms with Crippen LogP contribution in [0.25, 0.3) is 0 Å². The molecule has 6 heteroatoms. The van der Waals surface area contributed by atoms with E-state index in [0.29, 0.717) is 18.3 Å². The van der Waals surface area contributed by atoms with E-state index in [2.05, 4.69) is 26.6 Å². The zero-order valence-electron chi connectivity index (χ0n) is 11.6. The van der Waals surface area contributed by atoms with Crippen LogP contribution in [0.4, 0.5) is 5.69 Å². The molecular weight excluding hydrogens is 344 g/mol. The fraction of sp³-hybridized carbons (Fsp3) is 0.500. The molecule has 1 aromatic carbocycles. The second-order valence-electron chi connectivity index (χ2n) is 4.77. The minimum absolute atomic E-state index is 0. The Morgan fingerprint density at radius 3 is 2.80 bits per heavy atom. The van der Waals surface area contributed by atoms with Gasteiger partial charge in [0.15, 0.2) is 0 Å². The largest absolute Gasteiger partial charge is 0.492 e. The number of carbonyl (C=O) groups excluding carboxylic acids is 1. The Labute approximate surface area is 134 Å². The van der Waals surface area contributed by atoms with Crippen molar-refractivity contribution in [1.82, 2.24) is 5.32 Å². The van der Waals surface area contributed by atoms with Gasteiger partial charge in [0.25, 0.3) is 0 Å². The third-order valence-corrected chi connectivity index (χ3v) is 3.93. The Morgan fingerprint density at radius 2 is 2.25 bits per heavy atom. The SMILES string of the molecule is CCOc1ccc(Br)cc1NC(=O)C(C)C1CNC1.Cl. The van der Waals surface area contributed by atoms with Gasteiger partial charge in [0.2, 0.25) is 5.91 Å². The van der Waals surface area contributed by atoms with Crippen LogP contribution in [-0.4, -0.2) is 25.6 Å². The molecule has 0 spiro atoms. The first-order valence-corrected chi connectivity index (χ1v) is 7.35. The smallest absolute Gasteiger partial charge is 0.227 e. The second kappa shape index (κ2) is 7.86. The molecule has 1 aromatic rings. The van der Waals surface area contributed by atoms with Crippen molar-refractivity contribution in [3.63, 3.8) is 0 Å². The summed E-state index contributed by atoms with van der Waals surface area (Å²) in [6.07, 6.45) is 0. The molecule has 4 nitrogen and oxygen atoms in total. The molecule has 2 rings (SSSR count). The molecule has 1 heterocycles. The predicted octanol–water partition coefficient (Wildman–Crippen LogP) is 3.06. The molecule has 0 saturated carbocycles. The first-order chi connectivity index (χ1) is 9.11. The molecule has 0 aromatic heterocycles. The molecule has 1 fully saturated rings. The summed E-state index contributed by atoms with van der Waals surface area (Å²) in [5.74, 6) is 1.20. The van der Waals surface area contributed by atoms with Crippen LogP contribution < -0.4 is 15.4 Å². The number of halogens is 2. The molecule has 0 bridgehead atoms. The van der Waals surface area contributed by atoms with E-state index < -0.39 is 0 Å². The van der Waals surface area contributed by atoms with E-state index in [-0.39, 0.29) is 24.2 Å². The fourth-order valence-electron chi connectivity index (χ4n) is 2.01. The van der Waals surface area contributed by atoms with Crippen LogP contribution >= 0.6 is 28.3 Å². The second-order valence-corrected chi connectivity index (χ2v) is 5.69. The lowest BCUT2D eigenvalue weighted by Crippen LogP contribution is -2.48. The van der Waals surface area contributed by atoms with E-state index in [1.165, 1.54) is 0 Å². The molecule has 2 N–H and O–H groups in total. The van der Waals surface area contributed by atoms with Crippen LogP contribution in [0.5, 0.6) is 5.75 Å². The van der Waals surface area contributed by atoms with E-state index in [0.717, 1.165) is 23.2 Å². The summed E-state index contributed by atoms with van der Waals surface area (Å²) in [6.45, 7) is 6.32. The molecule has 112 valence electrons. The molecule has 1 atom stereocenters. The van der Waals surface area contributed by atoms with Crippen molar-refractivity contribution in [3.8, 4) is 5.75 Å². The van der Waals surface area contributed by atoms with Crippen LogP contribution in [0.15, 0.2) is 22.7 Å². The molecule has 0 radical (unpaired) electrons. The van der Waals surface area contributed by atoms with Crippen molar-refractivity contribution in [1.29, 1.82) is 0 Å². The maximum Gasteiger partial charge on any atom is 0.227 e. The zero-order valence-corrected chi connectivity index (χ0v) is 14.0. The summed E-state index contributed by atoms with van der Waals surface area (Å²) in [7, 11) is 0. The average molecular weight is 364 g/mol. The summed E-state index contributed by atoms with van der Waals surface area (Å²) in [4.78, 5) is 12.2. The normalized spacial score (nSPS) is 15.8. The van der Waals surface area contributed by atoms with E-state index in [1.54, 1.807) is 0 Å². The van der Waals surface area contributed by atoms with Gasteiger partial charge < -0.3 is 15.4 Å². The highest BCUT2D eigenvalue weighted by Crippen LogP contribution is 2.29. The van der Waals surface area contributed by atoms with Gasteiger partial charge >= 0.3 is 0 Å². The van der Waals surface area contributed by atoms with E-state index in [4.69, 9.17) is 4.74 Å². The lowest BCUT2D eigenvalue weighted by atomic mass is 9.88. The van der Waals surface area contributed by atoms with Crippen LogP contribution in [0.2, 0.25) is 0 Å². The number of carbonyl (C=O) groups is 1. The Kier molecular flexibility index (Phi) is 6.79. The molecule has 1 aliphatic heterocycles. The van der Waals surface area contributed by atoms with Gasteiger partial charge in [-0.2, -0.15) is 0 Å². The number of hydrogen-bond acceptors (Lipinski definition) is 3. The van der Waals surface area contributed by atoms with Crippen molar-refractivity contribution in [2.45, 2.75) is 13.8 Å². The van der Waals surface area contributed by atoms with Crippen molar-refractivity contribution in [2.75, 3.05) is 25.0 Å². The summed E-state index contributed by atoms with van der Waals surface area (Å²) in [5, 5.41) is 6.15. The average Bonchev–Trinajstić information content (AvgIpc) is 2.30. The quantitative estimate of drug-likeness (QED) is 0.845. The number of anilines is 1. The zero-order chi connectivity index (χ0) is 13.8. The summed E-state index contributed by atoms with van der Waals surface area (Å²) >= 11 is 3.41. The number of hydrogen-bond donors (Lipinski definition) is 2. The van der Waals surface area contributed by atoms with Crippen LogP contribution in [0, 0.1) is 11.8 Å². The monoisotopic (exact) mass is 362 g/mol. The Hall–Kier alpha value is -0.780. The van der Waals surface area contributed by atoms with Crippen molar-refractivity contribution < 1.29 is 9.53 Å².